The summed E-state index contributed by atoms with van der Waals surface area (Å²) in [4.78, 5) is 11.5. The average Bonchev–Trinajstić information content (AvgIpc) is 2.34. The first-order valence-electron chi connectivity index (χ1n) is 6.92. The SMILES string of the molecule is CC(CNC(=O)OC(C)(C)C)Oc1cc(F)ccc1N(C)[O-]. The van der Waals surface area contributed by atoms with Crippen molar-refractivity contribution in [1.29, 1.82) is 0 Å². The summed E-state index contributed by atoms with van der Waals surface area (Å²) in [5, 5.41) is 14.5. The van der Waals surface area contributed by atoms with Gasteiger partial charge in [-0.3, -0.25) is 0 Å². The summed E-state index contributed by atoms with van der Waals surface area (Å²) in [6, 6.07) is 3.65. The predicted octanol–water partition coefficient (Wildman–Crippen LogP) is 3.05. The Balaban J connectivity index is 2.60. The van der Waals surface area contributed by atoms with E-state index >= 15 is 0 Å². The molecule has 0 aliphatic rings. The Labute approximate surface area is 129 Å². The Morgan fingerprint density at radius 3 is 2.64 bits per heavy atom. The monoisotopic (exact) mass is 313 g/mol. The van der Waals surface area contributed by atoms with Crippen LogP contribution in [0.5, 0.6) is 5.75 Å². The molecule has 0 spiro atoms. The van der Waals surface area contributed by atoms with Gasteiger partial charge in [-0.2, -0.15) is 0 Å². The lowest BCUT2D eigenvalue weighted by atomic mass is 10.2. The molecule has 22 heavy (non-hydrogen) atoms. The normalized spacial score (nSPS) is 12.5. The molecular weight excluding hydrogens is 291 g/mol. The fourth-order valence-corrected chi connectivity index (χ4v) is 1.64. The number of hydroxylamine groups is 1. The number of hydrogen-bond acceptors (Lipinski definition) is 5. The zero-order valence-corrected chi connectivity index (χ0v) is 13.5. The molecule has 1 rings (SSSR count). The smallest absolute Gasteiger partial charge is 0.407 e. The van der Waals surface area contributed by atoms with Gasteiger partial charge in [0.2, 0.25) is 0 Å². The van der Waals surface area contributed by atoms with Crippen LogP contribution in [0.2, 0.25) is 0 Å². The molecule has 7 heteroatoms. The molecule has 0 aliphatic carbocycles. The van der Waals surface area contributed by atoms with E-state index in [2.05, 4.69) is 5.32 Å². The molecule has 0 saturated heterocycles. The zero-order valence-electron chi connectivity index (χ0n) is 13.5. The number of nitrogens with zero attached hydrogens (tertiary/aromatic N) is 1. The molecular formula is C15H22FN2O4-. The van der Waals surface area contributed by atoms with Crippen molar-refractivity contribution in [3.05, 3.63) is 29.2 Å². The van der Waals surface area contributed by atoms with Gasteiger partial charge >= 0.3 is 6.09 Å². The minimum Gasteiger partial charge on any atom is -0.758 e. The molecule has 1 unspecified atom stereocenters. The molecule has 1 aromatic carbocycles. The molecule has 1 N–H and O–H groups in total. The molecule has 124 valence electrons. The minimum absolute atomic E-state index is 0.121. The van der Waals surface area contributed by atoms with E-state index in [1.54, 1.807) is 27.7 Å². The molecule has 0 aliphatic heterocycles. The molecule has 6 nitrogen and oxygen atoms in total. The Morgan fingerprint density at radius 1 is 1.45 bits per heavy atom. The number of rotatable bonds is 5. The fourth-order valence-electron chi connectivity index (χ4n) is 1.64. The van der Waals surface area contributed by atoms with Crippen LogP contribution >= 0.6 is 0 Å². The van der Waals surface area contributed by atoms with Crippen LogP contribution in [0.4, 0.5) is 14.9 Å². The molecule has 1 aromatic rings. The largest absolute Gasteiger partial charge is 0.758 e. The number of carbonyl (C=O) groups excluding carboxylic acids is 1. The molecule has 1 amide bonds. The highest BCUT2D eigenvalue weighted by atomic mass is 19.1. The van der Waals surface area contributed by atoms with Gasteiger partial charge in [-0.15, -0.1) is 0 Å². The quantitative estimate of drug-likeness (QED) is 0.846. The number of anilines is 1. The predicted molar refractivity (Wildman–Crippen MR) is 82.5 cm³/mol. The highest BCUT2D eigenvalue weighted by Crippen LogP contribution is 2.28. The van der Waals surface area contributed by atoms with Gasteiger partial charge in [0.05, 0.1) is 12.2 Å². The first kappa shape index (κ1) is 18.0. The second-order valence-electron chi connectivity index (χ2n) is 5.92. The van der Waals surface area contributed by atoms with E-state index in [0.29, 0.717) is 5.06 Å². The van der Waals surface area contributed by atoms with Crippen LogP contribution in [0.15, 0.2) is 18.2 Å². The number of amides is 1. The van der Waals surface area contributed by atoms with Gasteiger partial charge in [-0.1, -0.05) is 0 Å². The first-order valence-corrected chi connectivity index (χ1v) is 6.92. The van der Waals surface area contributed by atoms with Gasteiger partial charge in [-0.05, 0) is 46.9 Å². The lowest BCUT2D eigenvalue weighted by Gasteiger charge is -2.28. The number of alkyl carbamates (subject to hydrolysis) is 1. The number of carbonyl (C=O) groups is 1. The number of hydrogen-bond donors (Lipinski definition) is 1. The summed E-state index contributed by atoms with van der Waals surface area (Å²) in [6.45, 7) is 7.13. The van der Waals surface area contributed by atoms with E-state index in [1.165, 1.54) is 19.2 Å². The van der Waals surface area contributed by atoms with Crippen LogP contribution in [0.3, 0.4) is 0 Å². The maximum absolute atomic E-state index is 13.3. The van der Waals surface area contributed by atoms with Crippen molar-refractivity contribution in [3.63, 3.8) is 0 Å². The van der Waals surface area contributed by atoms with Crippen molar-refractivity contribution in [3.8, 4) is 5.75 Å². The van der Waals surface area contributed by atoms with Crippen molar-refractivity contribution >= 4 is 11.8 Å². The summed E-state index contributed by atoms with van der Waals surface area (Å²) in [5.74, 6) is -0.385. The van der Waals surface area contributed by atoms with Gasteiger partial charge in [-0.25, -0.2) is 9.18 Å². The van der Waals surface area contributed by atoms with Crippen LogP contribution in [0, 0.1) is 11.0 Å². The average molecular weight is 313 g/mol. The van der Waals surface area contributed by atoms with Gasteiger partial charge in [0.15, 0.2) is 0 Å². The Kier molecular flexibility index (Phi) is 5.99. The third kappa shape index (κ3) is 6.17. The molecule has 1 atom stereocenters. The van der Waals surface area contributed by atoms with Crippen molar-refractivity contribution in [2.75, 3.05) is 18.7 Å². The molecule has 0 fully saturated rings. The van der Waals surface area contributed by atoms with Crippen molar-refractivity contribution in [2.24, 2.45) is 0 Å². The van der Waals surface area contributed by atoms with Crippen molar-refractivity contribution in [2.45, 2.75) is 39.4 Å². The maximum Gasteiger partial charge on any atom is 0.407 e. The van der Waals surface area contributed by atoms with E-state index in [4.69, 9.17) is 9.47 Å². The standard InChI is InChI=1S/C15H22FN2O4/c1-10(9-17-14(19)22-15(2,3)4)21-13-8-11(16)6-7-12(13)18(5)20/h6-8,10H,9H2,1-5H3,(H,17,19)/q-1. The van der Waals surface area contributed by atoms with E-state index in [1.807, 2.05) is 0 Å². The second-order valence-corrected chi connectivity index (χ2v) is 5.92. The van der Waals surface area contributed by atoms with Crippen molar-refractivity contribution < 1.29 is 18.7 Å². The van der Waals surface area contributed by atoms with Gasteiger partial charge in [0, 0.05) is 6.07 Å². The number of halogens is 1. The van der Waals surface area contributed by atoms with E-state index in [0.717, 1.165) is 6.07 Å². The Morgan fingerprint density at radius 2 is 2.09 bits per heavy atom. The Hall–Kier alpha value is -2.02. The highest BCUT2D eigenvalue weighted by molar-refractivity contribution is 5.67. The third-order valence-electron chi connectivity index (χ3n) is 2.52. The van der Waals surface area contributed by atoms with Crippen LogP contribution in [0.25, 0.3) is 0 Å². The minimum atomic E-state index is -0.588. The lowest BCUT2D eigenvalue weighted by Crippen LogP contribution is -2.37. The third-order valence-corrected chi connectivity index (χ3v) is 2.52. The summed E-state index contributed by atoms with van der Waals surface area (Å²) in [5.41, 5.74) is -0.375. The first-order chi connectivity index (χ1) is 10.1. The zero-order chi connectivity index (χ0) is 16.9. The van der Waals surface area contributed by atoms with Gasteiger partial charge in [0.25, 0.3) is 0 Å². The highest BCUT2D eigenvalue weighted by Gasteiger charge is 2.17. The van der Waals surface area contributed by atoms with Gasteiger partial charge < -0.3 is 25.1 Å². The van der Waals surface area contributed by atoms with Crippen LogP contribution in [-0.2, 0) is 4.74 Å². The molecule has 0 aromatic heterocycles. The molecule has 0 saturated carbocycles. The lowest BCUT2D eigenvalue weighted by molar-refractivity contribution is 0.0505. The maximum atomic E-state index is 13.3. The Bertz CT molecular complexity index is 515. The van der Waals surface area contributed by atoms with E-state index in [-0.39, 0.29) is 18.0 Å². The molecule has 0 heterocycles. The summed E-state index contributed by atoms with van der Waals surface area (Å²) in [6.07, 6.45) is -1.03. The van der Waals surface area contributed by atoms with Gasteiger partial charge in [0.1, 0.15) is 23.3 Å². The topological polar surface area (TPSA) is 73.9 Å². The van der Waals surface area contributed by atoms with Crippen LogP contribution in [0.1, 0.15) is 27.7 Å². The van der Waals surface area contributed by atoms with Crippen LogP contribution < -0.4 is 15.1 Å². The number of benzene rings is 1. The molecule has 0 bridgehead atoms. The number of ether oxygens (including phenoxy) is 2. The van der Waals surface area contributed by atoms with Crippen molar-refractivity contribution in [1.82, 2.24) is 5.32 Å². The molecule has 0 radical (unpaired) electrons. The number of nitrogens with one attached hydrogen (secondary N) is 1. The second kappa shape index (κ2) is 7.31. The summed E-state index contributed by atoms with van der Waals surface area (Å²) >= 11 is 0. The summed E-state index contributed by atoms with van der Waals surface area (Å²) in [7, 11) is 1.30. The summed E-state index contributed by atoms with van der Waals surface area (Å²) < 4.78 is 23.9. The van der Waals surface area contributed by atoms with E-state index < -0.39 is 23.6 Å². The van der Waals surface area contributed by atoms with Crippen LogP contribution in [-0.4, -0.2) is 31.4 Å². The van der Waals surface area contributed by atoms with E-state index in [9.17, 15) is 14.4 Å². The fraction of sp³-hybridized carbons (Fsp3) is 0.533.